The van der Waals surface area contributed by atoms with E-state index in [2.05, 4.69) is 25.7 Å². The number of methoxy groups -OCH3 is 1. The number of fused-ring (bicyclic) bond motifs is 1. The fourth-order valence-electron chi connectivity index (χ4n) is 4.92. The molecule has 2 aromatic heterocycles. The van der Waals surface area contributed by atoms with E-state index in [9.17, 15) is 24.3 Å². The average Bonchev–Trinajstić information content (AvgIpc) is 3.56. The zero-order valence-electron chi connectivity index (χ0n) is 23.2. The molecule has 2 amide bonds. The zero-order chi connectivity index (χ0) is 30.7. The van der Waals surface area contributed by atoms with Crippen LogP contribution in [0.25, 0.3) is 5.69 Å². The minimum Gasteiger partial charge on any atom is -0.497 e. The number of aliphatic carboxylic acids is 1. The fourth-order valence-corrected chi connectivity index (χ4v) is 6.16. The van der Waals surface area contributed by atoms with Gasteiger partial charge in [-0.15, -0.1) is 16.4 Å². The number of aromatic nitrogens is 3. The Hall–Kier alpha value is -5.08. The third-order valence-electron chi connectivity index (χ3n) is 7.06. The summed E-state index contributed by atoms with van der Waals surface area (Å²) in [5.74, 6) is -4.04. The number of aromatic carboxylic acids is 1. The summed E-state index contributed by atoms with van der Waals surface area (Å²) >= 11 is 1.04. The van der Waals surface area contributed by atoms with Crippen LogP contribution < -0.4 is 15.4 Å². The highest BCUT2D eigenvalue weighted by atomic mass is 32.1. The number of benzene rings is 2. The van der Waals surface area contributed by atoms with Crippen molar-refractivity contribution >= 4 is 40.1 Å². The lowest BCUT2D eigenvalue weighted by molar-refractivity contribution is -0.147. The molecule has 1 aliphatic rings. The Balaban J connectivity index is 1.41. The average molecular weight is 605 g/mol. The Labute approximate surface area is 249 Å². The van der Waals surface area contributed by atoms with Crippen LogP contribution in [0.1, 0.15) is 42.5 Å². The predicted octanol–water partition coefficient (Wildman–Crippen LogP) is 2.72. The molecular weight excluding hydrogens is 576 g/mol. The van der Waals surface area contributed by atoms with Crippen molar-refractivity contribution in [1.82, 2.24) is 25.2 Å². The number of hydrogen-bond donors (Lipinski definition) is 4. The molecule has 1 aliphatic heterocycles. The van der Waals surface area contributed by atoms with E-state index in [1.807, 2.05) is 54.6 Å². The van der Waals surface area contributed by atoms with E-state index in [4.69, 9.17) is 9.84 Å². The molecule has 0 fully saturated rings. The molecule has 5 rings (SSSR count). The van der Waals surface area contributed by atoms with Crippen LogP contribution in [0.3, 0.4) is 0 Å². The molecule has 4 aromatic rings. The number of thiophene rings is 1. The number of anilines is 1. The number of nitrogens with zero attached hydrogens (tertiary/aromatic N) is 4. The van der Waals surface area contributed by atoms with Crippen molar-refractivity contribution in [1.29, 1.82) is 0 Å². The van der Waals surface area contributed by atoms with Gasteiger partial charge in [0.1, 0.15) is 10.8 Å². The van der Waals surface area contributed by atoms with Crippen molar-refractivity contribution < 1.29 is 34.1 Å². The molecule has 0 spiro atoms. The predicted molar refractivity (Wildman–Crippen MR) is 156 cm³/mol. The molecular formula is C29H28N6O7S. The lowest BCUT2D eigenvalue weighted by Crippen LogP contribution is -2.47. The molecule has 1 unspecified atom stereocenters. The number of carbonyl (C=O) groups is 4. The molecule has 3 heterocycles. The number of para-hydroxylation sites is 1. The summed E-state index contributed by atoms with van der Waals surface area (Å²) in [7, 11) is 1.58. The summed E-state index contributed by atoms with van der Waals surface area (Å²) in [6.07, 6.45) is 0.239. The molecule has 222 valence electrons. The maximum absolute atomic E-state index is 13.2. The smallest absolute Gasteiger partial charge is 0.394 e. The molecule has 14 heteroatoms. The largest absolute Gasteiger partial charge is 0.497 e. The van der Waals surface area contributed by atoms with Crippen molar-refractivity contribution in [2.45, 2.75) is 32.5 Å². The van der Waals surface area contributed by atoms with Crippen LogP contribution in [-0.4, -0.2) is 73.6 Å². The maximum Gasteiger partial charge on any atom is 0.394 e. The van der Waals surface area contributed by atoms with Gasteiger partial charge in [0.2, 0.25) is 0 Å². The van der Waals surface area contributed by atoms with Crippen LogP contribution in [0.5, 0.6) is 5.75 Å². The number of aryl methyl sites for hydroxylation is 1. The van der Waals surface area contributed by atoms with E-state index in [1.165, 1.54) is 4.80 Å². The molecule has 0 saturated heterocycles. The molecule has 43 heavy (non-hydrogen) atoms. The second-order valence-electron chi connectivity index (χ2n) is 9.85. The van der Waals surface area contributed by atoms with Gasteiger partial charge in [-0.25, -0.2) is 9.59 Å². The normalized spacial score (nSPS) is 14.5. The van der Waals surface area contributed by atoms with Gasteiger partial charge in [-0.1, -0.05) is 30.3 Å². The van der Waals surface area contributed by atoms with Gasteiger partial charge in [0.15, 0.2) is 5.69 Å². The standard InChI is InChI=1S/C29H28N6O7S/c1-16-24(33-35(32-16)18-6-4-3-5-7-18)25(36)30-13-19-12-21-22(15-34(19)14-17-8-10-20(42-2)11-9-17)43-27(23(21)28(38)39)31-26(37)29(40)41/h3-11,19H,12-15H2,1-2H3,(H,30,36)(H,31,37)(H,38,39)(H,40,41). The summed E-state index contributed by atoms with van der Waals surface area (Å²) in [6.45, 7) is 2.66. The van der Waals surface area contributed by atoms with Crippen molar-refractivity contribution in [3.8, 4) is 11.4 Å². The van der Waals surface area contributed by atoms with Gasteiger partial charge in [0.25, 0.3) is 5.91 Å². The zero-order valence-corrected chi connectivity index (χ0v) is 24.1. The van der Waals surface area contributed by atoms with Crippen molar-refractivity contribution in [3.63, 3.8) is 0 Å². The lowest BCUT2D eigenvalue weighted by Gasteiger charge is -2.36. The van der Waals surface area contributed by atoms with Crippen LogP contribution >= 0.6 is 11.3 Å². The minimum absolute atomic E-state index is 0.0351. The number of carboxylic acid groups (broad SMARTS) is 2. The van der Waals surface area contributed by atoms with Crippen LogP contribution in [0, 0.1) is 6.92 Å². The summed E-state index contributed by atoms with van der Waals surface area (Å²) in [6, 6.07) is 16.4. The van der Waals surface area contributed by atoms with Gasteiger partial charge in [0.05, 0.1) is 24.1 Å². The first-order valence-electron chi connectivity index (χ1n) is 13.2. The monoisotopic (exact) mass is 604 g/mol. The molecule has 0 saturated carbocycles. The fraction of sp³-hybridized carbons (Fsp3) is 0.241. The highest BCUT2D eigenvalue weighted by Crippen LogP contribution is 2.39. The minimum atomic E-state index is -1.72. The Morgan fingerprint density at radius 2 is 1.77 bits per heavy atom. The molecule has 2 aromatic carbocycles. The van der Waals surface area contributed by atoms with E-state index in [-0.39, 0.29) is 35.3 Å². The van der Waals surface area contributed by atoms with Crippen LogP contribution in [0.4, 0.5) is 5.00 Å². The third-order valence-corrected chi connectivity index (χ3v) is 8.19. The van der Waals surface area contributed by atoms with Gasteiger partial charge in [-0.3, -0.25) is 14.5 Å². The van der Waals surface area contributed by atoms with Gasteiger partial charge in [-0.05, 0) is 48.7 Å². The Morgan fingerprint density at radius 3 is 2.42 bits per heavy atom. The van der Waals surface area contributed by atoms with Crippen molar-refractivity contribution in [2.24, 2.45) is 0 Å². The molecule has 0 bridgehead atoms. The van der Waals surface area contributed by atoms with Crippen LogP contribution in [0.2, 0.25) is 0 Å². The Bertz CT molecular complexity index is 1680. The maximum atomic E-state index is 13.2. The number of carbonyl (C=O) groups excluding carboxylic acids is 2. The highest BCUT2D eigenvalue weighted by molar-refractivity contribution is 7.17. The highest BCUT2D eigenvalue weighted by Gasteiger charge is 2.34. The topological polar surface area (TPSA) is 176 Å². The van der Waals surface area contributed by atoms with Gasteiger partial charge >= 0.3 is 17.8 Å². The number of hydrogen-bond acceptors (Lipinski definition) is 9. The second-order valence-corrected chi connectivity index (χ2v) is 11.0. The van der Waals surface area contributed by atoms with E-state index in [1.54, 1.807) is 14.0 Å². The van der Waals surface area contributed by atoms with Crippen molar-refractivity contribution in [2.75, 3.05) is 19.0 Å². The van der Waals surface area contributed by atoms with Crippen molar-refractivity contribution in [3.05, 3.63) is 87.6 Å². The molecule has 13 nitrogen and oxygen atoms in total. The van der Waals surface area contributed by atoms with E-state index in [0.29, 0.717) is 40.7 Å². The van der Waals surface area contributed by atoms with E-state index >= 15 is 0 Å². The SMILES string of the molecule is COc1ccc(CN2Cc3sc(NC(=O)C(=O)O)c(C(=O)O)c3CC2CNC(=O)c2nn(-c3ccccc3)nc2C)cc1. The Kier molecular flexibility index (Phi) is 8.50. The summed E-state index contributed by atoms with van der Waals surface area (Å²) < 4.78 is 5.26. The van der Waals surface area contributed by atoms with Crippen LogP contribution in [-0.2, 0) is 29.1 Å². The molecule has 0 aliphatic carbocycles. The first-order valence-corrected chi connectivity index (χ1v) is 14.0. The van der Waals surface area contributed by atoms with Crippen LogP contribution in [0.15, 0.2) is 54.6 Å². The number of ether oxygens (including phenoxy) is 1. The first-order chi connectivity index (χ1) is 20.6. The quantitative estimate of drug-likeness (QED) is 0.208. The lowest BCUT2D eigenvalue weighted by atomic mass is 9.95. The first kappa shape index (κ1) is 29.4. The van der Waals surface area contributed by atoms with Gasteiger partial charge in [-0.2, -0.15) is 9.90 Å². The van der Waals surface area contributed by atoms with Gasteiger partial charge < -0.3 is 25.6 Å². The molecule has 0 radical (unpaired) electrons. The summed E-state index contributed by atoms with van der Waals surface area (Å²) in [4.78, 5) is 52.7. The number of rotatable bonds is 9. The van der Waals surface area contributed by atoms with E-state index < -0.39 is 23.8 Å². The third kappa shape index (κ3) is 6.39. The molecule has 1 atom stereocenters. The van der Waals surface area contributed by atoms with Gasteiger partial charge in [0, 0.05) is 30.6 Å². The van der Waals surface area contributed by atoms with E-state index in [0.717, 1.165) is 16.9 Å². The summed E-state index contributed by atoms with van der Waals surface area (Å²) in [5, 5.41) is 32.9. The number of nitrogens with one attached hydrogen (secondary N) is 2. The number of carboxylic acids is 2. The second kappa shape index (κ2) is 12.4. The Morgan fingerprint density at radius 1 is 1.05 bits per heavy atom. The summed E-state index contributed by atoms with van der Waals surface area (Å²) in [5.41, 5.74) is 2.65. The number of amides is 2. The molecule has 4 N–H and O–H groups in total.